The Morgan fingerprint density at radius 3 is 2.74 bits per heavy atom. The van der Waals surface area contributed by atoms with E-state index in [1.165, 1.54) is 6.92 Å². The van der Waals surface area contributed by atoms with Crippen LogP contribution in [-0.2, 0) is 14.3 Å². The molecule has 110 valence electrons. The highest BCUT2D eigenvalue weighted by molar-refractivity contribution is 5.73. The van der Waals surface area contributed by atoms with E-state index in [4.69, 9.17) is 10.5 Å². The Morgan fingerprint density at radius 1 is 1.42 bits per heavy atom. The van der Waals surface area contributed by atoms with Gasteiger partial charge in [0.2, 0.25) is 5.91 Å². The molecule has 0 aromatic carbocycles. The second-order valence-corrected chi connectivity index (χ2v) is 5.06. The van der Waals surface area contributed by atoms with Crippen LogP contribution in [0, 0.1) is 5.92 Å². The van der Waals surface area contributed by atoms with Crippen LogP contribution in [0.5, 0.6) is 0 Å². The summed E-state index contributed by atoms with van der Waals surface area (Å²) in [7, 11) is 0. The van der Waals surface area contributed by atoms with E-state index in [2.05, 4.69) is 10.2 Å². The zero-order chi connectivity index (χ0) is 14.3. The van der Waals surface area contributed by atoms with Crippen LogP contribution in [0.4, 0.5) is 0 Å². The summed E-state index contributed by atoms with van der Waals surface area (Å²) >= 11 is 0. The van der Waals surface area contributed by atoms with Gasteiger partial charge in [0.25, 0.3) is 0 Å². The van der Waals surface area contributed by atoms with Gasteiger partial charge < -0.3 is 15.8 Å². The highest BCUT2D eigenvalue weighted by Crippen LogP contribution is 2.20. The number of esters is 1. The molecule has 1 fully saturated rings. The molecular formula is C13H25N3O3. The summed E-state index contributed by atoms with van der Waals surface area (Å²) in [6, 6.07) is 0.0947. The molecule has 1 rings (SSSR count). The Morgan fingerprint density at radius 2 is 2.16 bits per heavy atom. The van der Waals surface area contributed by atoms with Crippen LogP contribution in [0.3, 0.4) is 0 Å². The predicted molar refractivity (Wildman–Crippen MR) is 72.5 cm³/mol. The molecule has 0 spiro atoms. The molecule has 2 atom stereocenters. The summed E-state index contributed by atoms with van der Waals surface area (Å²) in [6.07, 6.45) is 1.23. The van der Waals surface area contributed by atoms with Crippen LogP contribution in [0.15, 0.2) is 0 Å². The predicted octanol–water partition coefficient (Wildman–Crippen LogP) is -0.275. The molecule has 2 unspecified atom stereocenters. The van der Waals surface area contributed by atoms with Crippen molar-refractivity contribution in [2.75, 3.05) is 32.8 Å². The fourth-order valence-corrected chi connectivity index (χ4v) is 2.66. The molecule has 0 saturated carbocycles. The first kappa shape index (κ1) is 15.9. The molecule has 0 aromatic rings. The highest BCUT2D eigenvalue weighted by atomic mass is 16.5. The number of carbonyl (C=O) groups is 2. The molecular weight excluding hydrogens is 246 g/mol. The minimum Gasteiger partial charge on any atom is -0.466 e. The lowest BCUT2D eigenvalue weighted by atomic mass is 9.91. The number of amides is 1. The Balaban J connectivity index is 2.53. The number of nitrogens with one attached hydrogen (secondary N) is 1. The van der Waals surface area contributed by atoms with Gasteiger partial charge in [0.05, 0.1) is 6.61 Å². The van der Waals surface area contributed by atoms with E-state index >= 15 is 0 Å². The summed E-state index contributed by atoms with van der Waals surface area (Å²) in [5.74, 6) is 0.0226. The molecule has 0 bridgehead atoms. The van der Waals surface area contributed by atoms with E-state index < -0.39 is 0 Å². The average Bonchev–Trinajstić information content (AvgIpc) is 2.28. The van der Waals surface area contributed by atoms with Crippen molar-refractivity contribution in [1.82, 2.24) is 10.2 Å². The first-order valence-corrected chi connectivity index (χ1v) is 6.90. The molecule has 0 radical (unpaired) electrons. The summed E-state index contributed by atoms with van der Waals surface area (Å²) in [4.78, 5) is 24.9. The van der Waals surface area contributed by atoms with Gasteiger partial charge in [0.1, 0.15) is 0 Å². The van der Waals surface area contributed by atoms with Crippen molar-refractivity contribution >= 4 is 11.9 Å². The number of rotatable bonds is 6. The first-order chi connectivity index (χ1) is 9.05. The van der Waals surface area contributed by atoms with Gasteiger partial charge in [0, 0.05) is 45.6 Å². The third-order valence-corrected chi connectivity index (χ3v) is 3.23. The molecule has 0 aliphatic carbocycles. The number of nitrogens with zero attached hydrogens (tertiary/aromatic N) is 1. The lowest BCUT2D eigenvalue weighted by molar-refractivity contribution is -0.144. The van der Waals surface area contributed by atoms with Crippen LogP contribution in [0.25, 0.3) is 0 Å². The monoisotopic (exact) mass is 271 g/mol. The molecule has 1 saturated heterocycles. The van der Waals surface area contributed by atoms with E-state index in [1.54, 1.807) is 6.92 Å². The van der Waals surface area contributed by atoms with Gasteiger partial charge in [0.15, 0.2) is 0 Å². The van der Waals surface area contributed by atoms with Crippen LogP contribution < -0.4 is 11.1 Å². The van der Waals surface area contributed by atoms with Gasteiger partial charge in [-0.2, -0.15) is 0 Å². The third kappa shape index (κ3) is 6.02. The van der Waals surface area contributed by atoms with Gasteiger partial charge in [-0.15, -0.1) is 0 Å². The van der Waals surface area contributed by atoms with Crippen LogP contribution >= 0.6 is 0 Å². The van der Waals surface area contributed by atoms with E-state index in [0.29, 0.717) is 19.6 Å². The largest absolute Gasteiger partial charge is 0.466 e. The summed E-state index contributed by atoms with van der Waals surface area (Å²) in [6.45, 7) is 6.74. The molecule has 1 heterocycles. The maximum Gasteiger partial charge on any atom is 0.306 e. The second-order valence-electron chi connectivity index (χ2n) is 5.06. The third-order valence-electron chi connectivity index (χ3n) is 3.23. The van der Waals surface area contributed by atoms with Crippen LogP contribution in [-0.4, -0.2) is 55.6 Å². The van der Waals surface area contributed by atoms with E-state index in [9.17, 15) is 9.59 Å². The zero-order valence-electron chi connectivity index (χ0n) is 11.9. The Bertz CT molecular complexity index is 310. The Labute approximate surface area is 114 Å². The van der Waals surface area contributed by atoms with Crippen molar-refractivity contribution in [2.45, 2.75) is 32.7 Å². The summed E-state index contributed by atoms with van der Waals surface area (Å²) in [5.41, 5.74) is 5.58. The Hall–Kier alpha value is -1.14. The second kappa shape index (κ2) is 8.12. The molecule has 6 heteroatoms. The maximum absolute atomic E-state index is 11.6. The summed E-state index contributed by atoms with van der Waals surface area (Å²) in [5, 5.41) is 2.93. The molecule has 6 nitrogen and oxygen atoms in total. The van der Waals surface area contributed by atoms with Gasteiger partial charge in [-0.3, -0.25) is 14.5 Å². The SMILES string of the molecule is CCOC(=O)CC1CC(NC(C)=O)CN(CCN)C1. The van der Waals surface area contributed by atoms with E-state index in [-0.39, 0.29) is 23.8 Å². The van der Waals surface area contributed by atoms with Crippen molar-refractivity contribution in [2.24, 2.45) is 11.7 Å². The van der Waals surface area contributed by atoms with Crippen LogP contribution in [0.1, 0.15) is 26.7 Å². The summed E-state index contributed by atoms with van der Waals surface area (Å²) < 4.78 is 4.99. The van der Waals surface area contributed by atoms with Gasteiger partial charge >= 0.3 is 5.97 Å². The molecule has 1 amide bonds. The Kier molecular flexibility index (Phi) is 6.80. The number of nitrogens with two attached hydrogens (primary N) is 1. The minimum absolute atomic E-state index is 0.0329. The average molecular weight is 271 g/mol. The topological polar surface area (TPSA) is 84.7 Å². The fourth-order valence-electron chi connectivity index (χ4n) is 2.66. The van der Waals surface area contributed by atoms with Crippen molar-refractivity contribution in [3.63, 3.8) is 0 Å². The zero-order valence-corrected chi connectivity index (χ0v) is 11.9. The quantitative estimate of drug-likeness (QED) is 0.649. The van der Waals surface area contributed by atoms with Gasteiger partial charge in [-0.05, 0) is 19.3 Å². The number of likely N-dealkylation sites (tertiary alicyclic amines) is 1. The number of hydrogen-bond acceptors (Lipinski definition) is 5. The van der Waals surface area contributed by atoms with Crippen molar-refractivity contribution in [1.29, 1.82) is 0 Å². The lowest BCUT2D eigenvalue weighted by Gasteiger charge is -2.37. The number of piperidine rings is 1. The van der Waals surface area contributed by atoms with Gasteiger partial charge in [-0.1, -0.05) is 0 Å². The maximum atomic E-state index is 11.6. The first-order valence-electron chi connectivity index (χ1n) is 6.90. The fraction of sp³-hybridized carbons (Fsp3) is 0.846. The number of hydrogen-bond donors (Lipinski definition) is 2. The van der Waals surface area contributed by atoms with Crippen molar-refractivity contribution in [3.8, 4) is 0 Å². The molecule has 19 heavy (non-hydrogen) atoms. The molecule has 1 aliphatic heterocycles. The van der Waals surface area contributed by atoms with Crippen LogP contribution in [0.2, 0.25) is 0 Å². The highest BCUT2D eigenvalue weighted by Gasteiger charge is 2.29. The number of ether oxygens (including phenoxy) is 1. The molecule has 0 aromatic heterocycles. The lowest BCUT2D eigenvalue weighted by Crippen LogP contribution is -2.51. The van der Waals surface area contributed by atoms with E-state index in [1.807, 2.05) is 0 Å². The molecule has 1 aliphatic rings. The van der Waals surface area contributed by atoms with Crippen molar-refractivity contribution < 1.29 is 14.3 Å². The standard InChI is InChI=1S/C13H25N3O3/c1-3-19-13(18)7-11-6-12(15-10(2)17)9-16(8-11)5-4-14/h11-12H,3-9,14H2,1-2H3,(H,15,17). The normalized spacial score (nSPS) is 23.9. The smallest absolute Gasteiger partial charge is 0.306 e. The van der Waals surface area contributed by atoms with Crippen molar-refractivity contribution in [3.05, 3.63) is 0 Å². The number of carbonyl (C=O) groups excluding carboxylic acids is 2. The molecule has 3 N–H and O–H groups in total. The van der Waals surface area contributed by atoms with E-state index in [0.717, 1.165) is 26.1 Å². The minimum atomic E-state index is -0.163. The van der Waals surface area contributed by atoms with Gasteiger partial charge in [-0.25, -0.2) is 0 Å².